The lowest BCUT2D eigenvalue weighted by molar-refractivity contribution is -0.117. The van der Waals surface area contributed by atoms with E-state index in [4.69, 9.17) is 0 Å². The Morgan fingerprint density at radius 1 is 1.29 bits per heavy atom. The smallest absolute Gasteiger partial charge is 0.224 e. The number of carbonyl (C=O) groups is 1. The van der Waals surface area contributed by atoms with E-state index in [0.717, 1.165) is 30.9 Å². The van der Waals surface area contributed by atoms with Crippen molar-refractivity contribution in [3.8, 4) is 5.69 Å². The molecule has 1 aromatic carbocycles. The van der Waals surface area contributed by atoms with Crippen molar-refractivity contribution in [2.24, 2.45) is 5.92 Å². The second-order valence-corrected chi connectivity index (χ2v) is 5.61. The predicted molar refractivity (Wildman–Crippen MR) is 84.6 cm³/mol. The molecular formula is C17H21N3O. The average Bonchev–Trinajstić information content (AvgIpc) is 3.02. The molecule has 21 heavy (non-hydrogen) atoms. The number of piperidine rings is 1. The SMILES string of the molecule is O=C(CC1CCCNC1)Nc1cccc(-n2cccc2)c1. The third-order valence-corrected chi connectivity index (χ3v) is 3.91. The fourth-order valence-corrected chi connectivity index (χ4v) is 2.82. The van der Waals surface area contributed by atoms with Gasteiger partial charge in [-0.3, -0.25) is 4.79 Å². The van der Waals surface area contributed by atoms with Crippen molar-refractivity contribution in [3.05, 3.63) is 48.8 Å². The molecule has 1 fully saturated rings. The summed E-state index contributed by atoms with van der Waals surface area (Å²) < 4.78 is 2.03. The van der Waals surface area contributed by atoms with Crippen LogP contribution in [0.15, 0.2) is 48.8 Å². The number of benzene rings is 1. The maximum absolute atomic E-state index is 12.1. The molecule has 0 bridgehead atoms. The summed E-state index contributed by atoms with van der Waals surface area (Å²) >= 11 is 0. The highest BCUT2D eigenvalue weighted by molar-refractivity contribution is 5.91. The normalized spacial score (nSPS) is 18.4. The summed E-state index contributed by atoms with van der Waals surface area (Å²) in [6.45, 7) is 2.04. The minimum absolute atomic E-state index is 0.105. The Morgan fingerprint density at radius 3 is 2.90 bits per heavy atom. The zero-order valence-corrected chi connectivity index (χ0v) is 12.1. The maximum atomic E-state index is 12.1. The molecule has 110 valence electrons. The van der Waals surface area contributed by atoms with Crippen LogP contribution in [-0.2, 0) is 4.79 Å². The minimum atomic E-state index is 0.105. The van der Waals surface area contributed by atoms with Gasteiger partial charge in [-0.25, -0.2) is 0 Å². The number of anilines is 1. The van der Waals surface area contributed by atoms with Crippen molar-refractivity contribution in [1.82, 2.24) is 9.88 Å². The largest absolute Gasteiger partial charge is 0.326 e. The van der Waals surface area contributed by atoms with Gasteiger partial charge in [-0.2, -0.15) is 0 Å². The van der Waals surface area contributed by atoms with E-state index < -0.39 is 0 Å². The molecule has 2 N–H and O–H groups in total. The molecule has 2 aromatic rings. The zero-order valence-electron chi connectivity index (χ0n) is 12.1. The van der Waals surface area contributed by atoms with Gasteiger partial charge in [-0.15, -0.1) is 0 Å². The number of hydrogen-bond donors (Lipinski definition) is 2. The Labute approximate surface area is 125 Å². The molecule has 1 aliphatic rings. The average molecular weight is 283 g/mol. The Hall–Kier alpha value is -2.07. The van der Waals surface area contributed by atoms with E-state index in [2.05, 4.69) is 10.6 Å². The van der Waals surface area contributed by atoms with Gasteiger partial charge in [-0.05, 0) is 62.2 Å². The first kappa shape index (κ1) is 13.9. The third-order valence-electron chi connectivity index (χ3n) is 3.91. The molecule has 3 rings (SSSR count). The van der Waals surface area contributed by atoms with Crippen molar-refractivity contribution < 1.29 is 4.79 Å². The molecule has 2 heterocycles. The van der Waals surface area contributed by atoms with Gasteiger partial charge < -0.3 is 15.2 Å². The van der Waals surface area contributed by atoms with Crippen LogP contribution in [0, 0.1) is 5.92 Å². The highest BCUT2D eigenvalue weighted by atomic mass is 16.1. The van der Waals surface area contributed by atoms with Gasteiger partial charge in [-0.1, -0.05) is 6.07 Å². The van der Waals surface area contributed by atoms with Crippen molar-refractivity contribution in [1.29, 1.82) is 0 Å². The van der Waals surface area contributed by atoms with Crippen molar-refractivity contribution in [3.63, 3.8) is 0 Å². The first-order valence-corrected chi connectivity index (χ1v) is 7.55. The maximum Gasteiger partial charge on any atom is 0.224 e. The number of amides is 1. The van der Waals surface area contributed by atoms with Gasteiger partial charge in [0.1, 0.15) is 0 Å². The Balaban J connectivity index is 1.62. The van der Waals surface area contributed by atoms with Crippen LogP contribution in [0.25, 0.3) is 5.69 Å². The van der Waals surface area contributed by atoms with E-state index in [0.29, 0.717) is 12.3 Å². The first-order valence-electron chi connectivity index (χ1n) is 7.55. The van der Waals surface area contributed by atoms with Gasteiger partial charge in [0, 0.05) is 30.2 Å². The standard InChI is InChI=1S/C17H21N3O/c21-17(11-14-5-4-8-18-13-14)19-15-6-3-7-16(12-15)20-9-1-2-10-20/h1-3,6-7,9-10,12,14,18H,4-5,8,11,13H2,(H,19,21). The van der Waals surface area contributed by atoms with Crippen LogP contribution in [0.2, 0.25) is 0 Å². The third kappa shape index (κ3) is 3.73. The molecule has 1 aromatic heterocycles. The van der Waals surface area contributed by atoms with Crippen molar-refractivity contribution >= 4 is 11.6 Å². The van der Waals surface area contributed by atoms with Crippen LogP contribution in [0.4, 0.5) is 5.69 Å². The minimum Gasteiger partial charge on any atom is -0.326 e. The highest BCUT2D eigenvalue weighted by Gasteiger charge is 2.16. The Bertz CT molecular complexity index is 586. The van der Waals surface area contributed by atoms with E-state index in [-0.39, 0.29) is 5.91 Å². The molecule has 0 spiro atoms. The summed E-state index contributed by atoms with van der Waals surface area (Å²) in [6.07, 6.45) is 6.90. The van der Waals surface area contributed by atoms with Gasteiger partial charge >= 0.3 is 0 Å². The summed E-state index contributed by atoms with van der Waals surface area (Å²) in [5, 5.41) is 6.36. The molecular weight excluding hydrogens is 262 g/mol. The van der Waals surface area contributed by atoms with Gasteiger partial charge in [0.25, 0.3) is 0 Å². The molecule has 1 atom stereocenters. The quantitative estimate of drug-likeness (QED) is 0.906. The lowest BCUT2D eigenvalue weighted by Gasteiger charge is -2.22. The van der Waals surface area contributed by atoms with Gasteiger partial charge in [0.15, 0.2) is 0 Å². The second kappa shape index (κ2) is 6.59. The molecule has 4 nitrogen and oxygen atoms in total. The Kier molecular flexibility index (Phi) is 4.36. The molecule has 1 saturated heterocycles. The fourth-order valence-electron chi connectivity index (χ4n) is 2.82. The molecule has 1 unspecified atom stereocenters. The van der Waals surface area contributed by atoms with Crippen LogP contribution in [0.1, 0.15) is 19.3 Å². The summed E-state index contributed by atoms with van der Waals surface area (Å²) in [7, 11) is 0. The molecule has 1 aliphatic heterocycles. The number of aromatic nitrogens is 1. The second-order valence-electron chi connectivity index (χ2n) is 5.61. The predicted octanol–water partition coefficient (Wildman–Crippen LogP) is 2.81. The molecule has 0 aliphatic carbocycles. The van der Waals surface area contributed by atoms with E-state index >= 15 is 0 Å². The number of nitrogens with zero attached hydrogens (tertiary/aromatic N) is 1. The van der Waals surface area contributed by atoms with Crippen molar-refractivity contribution in [2.45, 2.75) is 19.3 Å². The van der Waals surface area contributed by atoms with Gasteiger partial charge in [0.05, 0.1) is 0 Å². The zero-order chi connectivity index (χ0) is 14.5. The van der Waals surface area contributed by atoms with Crippen molar-refractivity contribution in [2.75, 3.05) is 18.4 Å². The molecule has 1 amide bonds. The van der Waals surface area contributed by atoms with E-state index in [9.17, 15) is 4.79 Å². The Morgan fingerprint density at radius 2 is 2.14 bits per heavy atom. The van der Waals surface area contributed by atoms with Crippen LogP contribution in [0.5, 0.6) is 0 Å². The van der Waals surface area contributed by atoms with Crippen LogP contribution >= 0.6 is 0 Å². The summed E-state index contributed by atoms with van der Waals surface area (Å²) in [6, 6.07) is 11.9. The summed E-state index contributed by atoms with van der Waals surface area (Å²) in [5.41, 5.74) is 1.91. The monoisotopic (exact) mass is 283 g/mol. The van der Waals surface area contributed by atoms with E-state index in [1.165, 1.54) is 6.42 Å². The van der Waals surface area contributed by atoms with Crippen LogP contribution in [-0.4, -0.2) is 23.6 Å². The summed E-state index contributed by atoms with van der Waals surface area (Å²) in [4.78, 5) is 12.1. The van der Waals surface area contributed by atoms with Crippen LogP contribution in [0.3, 0.4) is 0 Å². The fraction of sp³-hybridized carbons (Fsp3) is 0.353. The molecule has 4 heteroatoms. The first-order chi connectivity index (χ1) is 10.3. The van der Waals surface area contributed by atoms with E-state index in [1.54, 1.807) is 0 Å². The number of rotatable bonds is 4. The lowest BCUT2D eigenvalue weighted by atomic mass is 9.96. The lowest BCUT2D eigenvalue weighted by Crippen LogP contribution is -2.32. The topological polar surface area (TPSA) is 46.1 Å². The summed E-state index contributed by atoms with van der Waals surface area (Å²) in [5.74, 6) is 0.569. The van der Waals surface area contributed by atoms with Gasteiger partial charge in [0.2, 0.25) is 5.91 Å². The van der Waals surface area contributed by atoms with Crippen LogP contribution < -0.4 is 10.6 Å². The molecule has 0 saturated carbocycles. The number of hydrogen-bond acceptors (Lipinski definition) is 2. The number of nitrogens with one attached hydrogen (secondary N) is 2. The number of carbonyl (C=O) groups excluding carboxylic acids is 1. The van der Waals surface area contributed by atoms with E-state index in [1.807, 2.05) is 53.4 Å². The highest BCUT2D eigenvalue weighted by Crippen LogP contribution is 2.18. The molecule has 0 radical (unpaired) electrons.